The summed E-state index contributed by atoms with van der Waals surface area (Å²) in [6.07, 6.45) is 4.19. The van der Waals surface area contributed by atoms with Gasteiger partial charge in [0, 0.05) is 43.5 Å². The molecule has 2 aliphatic rings. The van der Waals surface area contributed by atoms with Crippen molar-refractivity contribution >= 4 is 17.6 Å². The van der Waals surface area contributed by atoms with E-state index in [1.165, 1.54) is 5.56 Å². The molecule has 7 heteroatoms. The minimum Gasteiger partial charge on any atom is -0.487 e. The van der Waals surface area contributed by atoms with Crippen molar-refractivity contribution in [3.63, 3.8) is 0 Å². The molecule has 0 bridgehead atoms. The molecule has 4 rings (SSSR count). The smallest absolute Gasteiger partial charge is 0.321 e. The zero-order chi connectivity index (χ0) is 19.5. The summed E-state index contributed by atoms with van der Waals surface area (Å²) >= 11 is 0. The Morgan fingerprint density at radius 3 is 2.50 bits per heavy atom. The maximum absolute atomic E-state index is 12.3. The van der Waals surface area contributed by atoms with Crippen LogP contribution in [0, 0.1) is 0 Å². The summed E-state index contributed by atoms with van der Waals surface area (Å²) in [5, 5.41) is 2.92. The first kappa shape index (κ1) is 18.3. The molecule has 2 fully saturated rings. The van der Waals surface area contributed by atoms with Gasteiger partial charge in [-0.1, -0.05) is 13.0 Å². The van der Waals surface area contributed by atoms with Gasteiger partial charge in [-0.25, -0.2) is 4.79 Å². The van der Waals surface area contributed by atoms with Gasteiger partial charge in [-0.15, -0.1) is 0 Å². The summed E-state index contributed by atoms with van der Waals surface area (Å²) in [6.45, 7) is 4.54. The molecule has 3 amide bonds. The lowest BCUT2D eigenvalue weighted by Gasteiger charge is -2.39. The topological polar surface area (TPSA) is 74.8 Å². The summed E-state index contributed by atoms with van der Waals surface area (Å²) in [6, 6.07) is 11.2. The molecule has 3 heterocycles. The number of carbonyl (C=O) groups excluding carboxylic acids is 2. The van der Waals surface area contributed by atoms with E-state index in [9.17, 15) is 9.59 Å². The van der Waals surface area contributed by atoms with Crippen LogP contribution in [0.5, 0.6) is 5.75 Å². The zero-order valence-electron chi connectivity index (χ0n) is 15.9. The monoisotopic (exact) mass is 380 g/mol. The molecule has 0 atom stereocenters. The number of aromatic nitrogens is 1. The molecule has 7 nitrogen and oxygen atoms in total. The molecule has 0 unspecified atom stereocenters. The largest absolute Gasteiger partial charge is 0.487 e. The van der Waals surface area contributed by atoms with E-state index >= 15 is 0 Å². The molecule has 0 aliphatic carbocycles. The molecule has 0 spiro atoms. The zero-order valence-corrected chi connectivity index (χ0v) is 15.9. The van der Waals surface area contributed by atoms with Gasteiger partial charge in [0.05, 0.1) is 13.1 Å². The molecule has 0 saturated carbocycles. The average Bonchev–Trinajstić information content (AvgIpc) is 2.65. The first-order valence-electron chi connectivity index (χ1n) is 9.62. The third-order valence-corrected chi connectivity index (χ3v) is 5.24. The Morgan fingerprint density at radius 1 is 1.11 bits per heavy atom. The Hall–Kier alpha value is -3.09. The highest BCUT2D eigenvalue weighted by atomic mass is 16.5. The number of anilines is 1. The van der Waals surface area contributed by atoms with Crippen molar-refractivity contribution in [1.82, 2.24) is 14.8 Å². The molecule has 28 heavy (non-hydrogen) atoms. The van der Waals surface area contributed by atoms with E-state index in [1.54, 1.807) is 16.0 Å². The summed E-state index contributed by atoms with van der Waals surface area (Å²) in [7, 11) is 0. The number of nitrogens with zero attached hydrogens (tertiary/aromatic N) is 3. The lowest BCUT2D eigenvalue weighted by atomic mass is 9.93. The number of carbonyl (C=O) groups is 2. The highest BCUT2D eigenvalue weighted by Gasteiger charge is 2.32. The van der Waals surface area contributed by atoms with Gasteiger partial charge in [0.15, 0.2) is 0 Å². The predicted molar refractivity (Wildman–Crippen MR) is 105 cm³/mol. The number of ether oxygens (including phenoxy) is 1. The van der Waals surface area contributed by atoms with Crippen molar-refractivity contribution in [1.29, 1.82) is 0 Å². The van der Waals surface area contributed by atoms with E-state index in [-0.39, 0.29) is 18.0 Å². The fourth-order valence-electron chi connectivity index (χ4n) is 3.42. The number of nitrogens with one attached hydrogen (secondary N) is 1. The van der Waals surface area contributed by atoms with E-state index < -0.39 is 0 Å². The number of benzene rings is 1. The second kappa shape index (κ2) is 7.88. The second-order valence-corrected chi connectivity index (χ2v) is 7.23. The second-order valence-electron chi connectivity index (χ2n) is 7.23. The minimum atomic E-state index is -0.0958. The Labute approximate surface area is 164 Å². The van der Waals surface area contributed by atoms with E-state index in [4.69, 9.17) is 4.74 Å². The molecule has 2 saturated heterocycles. The van der Waals surface area contributed by atoms with Crippen LogP contribution in [0.4, 0.5) is 10.5 Å². The SMILES string of the molecule is CCC(=O)N1CC(Oc2ccc(NC(=O)N3CC(c4cccnc4)C3)cc2)C1. The van der Waals surface area contributed by atoms with Crippen molar-refractivity contribution in [3.8, 4) is 5.75 Å². The number of pyridine rings is 1. The Kier molecular flexibility index (Phi) is 5.14. The van der Waals surface area contributed by atoms with Crippen molar-refractivity contribution in [3.05, 3.63) is 54.4 Å². The summed E-state index contributed by atoms with van der Waals surface area (Å²) in [5.41, 5.74) is 1.90. The van der Waals surface area contributed by atoms with E-state index in [0.717, 1.165) is 11.4 Å². The van der Waals surface area contributed by atoms with Crippen LogP contribution in [0.1, 0.15) is 24.8 Å². The van der Waals surface area contributed by atoms with Gasteiger partial charge in [-0.3, -0.25) is 9.78 Å². The predicted octanol–water partition coefficient (Wildman–Crippen LogP) is 2.71. The van der Waals surface area contributed by atoms with E-state index in [1.807, 2.05) is 49.5 Å². The number of amides is 3. The Bertz CT molecular complexity index is 828. The number of rotatable bonds is 5. The number of urea groups is 1. The van der Waals surface area contributed by atoms with Crippen LogP contribution in [0.3, 0.4) is 0 Å². The van der Waals surface area contributed by atoms with Crippen molar-refractivity contribution in [2.24, 2.45) is 0 Å². The van der Waals surface area contributed by atoms with Crippen LogP contribution < -0.4 is 10.1 Å². The van der Waals surface area contributed by atoms with Gasteiger partial charge in [0.25, 0.3) is 0 Å². The molecular formula is C21H24N4O3. The summed E-state index contributed by atoms with van der Waals surface area (Å²) < 4.78 is 5.86. The van der Waals surface area contributed by atoms with E-state index in [0.29, 0.717) is 38.5 Å². The lowest BCUT2D eigenvalue weighted by molar-refractivity contribution is -0.139. The minimum absolute atomic E-state index is 0.0430. The van der Waals surface area contributed by atoms with Crippen molar-refractivity contribution in [2.45, 2.75) is 25.4 Å². The Balaban J connectivity index is 1.22. The quantitative estimate of drug-likeness (QED) is 0.865. The van der Waals surface area contributed by atoms with Gasteiger partial charge < -0.3 is 19.9 Å². The average molecular weight is 380 g/mol. The third-order valence-electron chi connectivity index (χ3n) is 5.24. The summed E-state index contributed by atoms with van der Waals surface area (Å²) in [4.78, 5) is 31.6. The number of hydrogen-bond acceptors (Lipinski definition) is 4. The van der Waals surface area contributed by atoms with Gasteiger partial charge in [-0.2, -0.15) is 0 Å². The summed E-state index contributed by atoms with van der Waals surface area (Å²) in [5.74, 6) is 1.26. The highest BCUT2D eigenvalue weighted by Crippen LogP contribution is 2.27. The maximum Gasteiger partial charge on any atom is 0.321 e. The molecule has 2 aliphatic heterocycles. The number of likely N-dealkylation sites (tertiary alicyclic amines) is 2. The third kappa shape index (κ3) is 3.93. The van der Waals surface area contributed by atoms with Crippen molar-refractivity contribution in [2.75, 3.05) is 31.5 Å². The van der Waals surface area contributed by atoms with Crippen molar-refractivity contribution < 1.29 is 14.3 Å². The standard InChI is InChI=1S/C21H24N4O3/c1-2-20(26)24-13-19(14-24)28-18-7-5-17(6-8-18)23-21(27)25-11-16(12-25)15-4-3-9-22-10-15/h3-10,16,19H,2,11-14H2,1H3,(H,23,27). The molecule has 1 aromatic carbocycles. The Morgan fingerprint density at radius 2 is 1.86 bits per heavy atom. The van der Waals surface area contributed by atoms with Crippen LogP contribution in [0.25, 0.3) is 0 Å². The molecular weight excluding hydrogens is 356 g/mol. The van der Waals surface area contributed by atoms with Gasteiger partial charge >= 0.3 is 6.03 Å². The lowest BCUT2D eigenvalue weighted by Crippen LogP contribution is -2.56. The first-order chi connectivity index (χ1) is 13.6. The van der Waals surface area contributed by atoms with Crippen LogP contribution >= 0.6 is 0 Å². The van der Waals surface area contributed by atoms with Crippen LogP contribution in [-0.4, -0.2) is 59.0 Å². The molecule has 0 radical (unpaired) electrons. The molecule has 1 N–H and O–H groups in total. The normalized spacial score (nSPS) is 16.9. The van der Waals surface area contributed by atoms with E-state index in [2.05, 4.69) is 10.3 Å². The van der Waals surface area contributed by atoms with Gasteiger partial charge in [0.2, 0.25) is 5.91 Å². The highest BCUT2D eigenvalue weighted by molar-refractivity contribution is 5.90. The van der Waals surface area contributed by atoms with Crippen LogP contribution in [-0.2, 0) is 4.79 Å². The van der Waals surface area contributed by atoms with Crippen LogP contribution in [0.15, 0.2) is 48.8 Å². The number of hydrogen-bond donors (Lipinski definition) is 1. The fourth-order valence-corrected chi connectivity index (χ4v) is 3.42. The maximum atomic E-state index is 12.3. The first-order valence-corrected chi connectivity index (χ1v) is 9.62. The van der Waals surface area contributed by atoms with Gasteiger partial charge in [0.1, 0.15) is 11.9 Å². The molecule has 146 valence electrons. The fraction of sp³-hybridized carbons (Fsp3) is 0.381. The van der Waals surface area contributed by atoms with Crippen LogP contribution in [0.2, 0.25) is 0 Å². The molecule has 2 aromatic rings. The van der Waals surface area contributed by atoms with Gasteiger partial charge in [-0.05, 0) is 35.9 Å². The molecule has 1 aromatic heterocycles.